The van der Waals surface area contributed by atoms with Crippen molar-refractivity contribution in [1.82, 2.24) is 0 Å². The van der Waals surface area contributed by atoms with E-state index in [1.165, 1.54) is 0 Å². The first-order chi connectivity index (χ1) is 8.13. The van der Waals surface area contributed by atoms with Crippen molar-refractivity contribution in [3.05, 3.63) is 48.0 Å². The van der Waals surface area contributed by atoms with Gasteiger partial charge in [0.25, 0.3) is 0 Å². The number of carbonyl (C=O) groups excluding carboxylic acids is 1. The molecule has 17 heavy (non-hydrogen) atoms. The zero-order valence-corrected chi connectivity index (χ0v) is 9.50. The lowest BCUT2D eigenvalue weighted by Crippen LogP contribution is -2.09. The van der Waals surface area contributed by atoms with Gasteiger partial charge in [-0.3, -0.25) is 0 Å². The quantitative estimate of drug-likeness (QED) is 0.627. The summed E-state index contributed by atoms with van der Waals surface area (Å²) in [6.45, 7) is 1.89. The summed E-state index contributed by atoms with van der Waals surface area (Å²) in [4.78, 5) is 21.6. The highest BCUT2D eigenvalue weighted by atomic mass is 16.5. The Hall–Kier alpha value is -2.10. The monoisotopic (exact) mass is 234 g/mol. The molecule has 0 aliphatic rings. The van der Waals surface area contributed by atoms with Crippen molar-refractivity contribution in [2.75, 3.05) is 0 Å². The summed E-state index contributed by atoms with van der Waals surface area (Å²) in [6, 6.07) is 9.32. The second kappa shape index (κ2) is 6.48. The summed E-state index contributed by atoms with van der Waals surface area (Å²) in [5.41, 5.74) is 0.895. The van der Waals surface area contributed by atoms with Gasteiger partial charge in [0, 0.05) is 12.2 Å². The molecule has 0 fully saturated rings. The van der Waals surface area contributed by atoms with E-state index in [4.69, 9.17) is 9.84 Å². The van der Waals surface area contributed by atoms with Crippen LogP contribution in [0.5, 0.6) is 0 Å². The van der Waals surface area contributed by atoms with Gasteiger partial charge >= 0.3 is 11.9 Å². The van der Waals surface area contributed by atoms with Gasteiger partial charge in [-0.1, -0.05) is 37.3 Å². The molecule has 4 nitrogen and oxygen atoms in total. The van der Waals surface area contributed by atoms with Gasteiger partial charge in [0.2, 0.25) is 0 Å². The molecule has 0 aromatic heterocycles. The van der Waals surface area contributed by atoms with E-state index in [0.717, 1.165) is 17.7 Å². The van der Waals surface area contributed by atoms with Gasteiger partial charge in [-0.05, 0) is 12.0 Å². The summed E-state index contributed by atoms with van der Waals surface area (Å²) in [5, 5.41) is 8.38. The molecule has 4 heteroatoms. The van der Waals surface area contributed by atoms with Gasteiger partial charge in [0.05, 0.1) is 0 Å². The van der Waals surface area contributed by atoms with E-state index in [1.807, 2.05) is 37.3 Å². The number of carbonyl (C=O) groups is 2. The predicted molar refractivity (Wildman–Crippen MR) is 62.3 cm³/mol. The molecule has 90 valence electrons. The van der Waals surface area contributed by atoms with Crippen molar-refractivity contribution in [3.63, 3.8) is 0 Å². The van der Waals surface area contributed by atoms with E-state index in [2.05, 4.69) is 0 Å². The maximum absolute atomic E-state index is 11.3. The van der Waals surface area contributed by atoms with Gasteiger partial charge in [-0.25, -0.2) is 9.59 Å². The largest absolute Gasteiger partial charge is 0.478 e. The Labute approximate surface area is 99.5 Å². The summed E-state index contributed by atoms with van der Waals surface area (Å²) in [7, 11) is 0. The third kappa shape index (κ3) is 4.51. The van der Waals surface area contributed by atoms with Crippen LogP contribution in [0.25, 0.3) is 0 Å². The fourth-order valence-corrected chi connectivity index (χ4v) is 1.37. The fraction of sp³-hybridized carbons (Fsp3) is 0.231. The van der Waals surface area contributed by atoms with Crippen molar-refractivity contribution in [3.8, 4) is 0 Å². The van der Waals surface area contributed by atoms with Crippen LogP contribution in [0.3, 0.4) is 0 Å². The second-order valence-electron chi connectivity index (χ2n) is 3.42. The minimum Gasteiger partial charge on any atom is -0.478 e. The number of hydrogen-bond acceptors (Lipinski definition) is 3. The van der Waals surface area contributed by atoms with Crippen LogP contribution in [0.4, 0.5) is 0 Å². The van der Waals surface area contributed by atoms with Crippen LogP contribution in [0, 0.1) is 0 Å². The average molecular weight is 234 g/mol. The minimum atomic E-state index is -1.17. The number of esters is 1. The van der Waals surface area contributed by atoms with Gasteiger partial charge in [-0.15, -0.1) is 0 Å². The molecule has 1 N–H and O–H groups in total. The summed E-state index contributed by atoms with van der Waals surface area (Å²) in [6.07, 6.45) is 1.96. The van der Waals surface area contributed by atoms with E-state index in [0.29, 0.717) is 6.42 Å². The summed E-state index contributed by atoms with van der Waals surface area (Å²) >= 11 is 0. The highest BCUT2D eigenvalue weighted by Gasteiger charge is 2.12. The Bertz CT molecular complexity index is 409. The SMILES string of the molecule is CCC(OC(=O)/C=C/C(=O)O)c1ccccc1. The molecule has 0 radical (unpaired) electrons. The first-order valence-corrected chi connectivity index (χ1v) is 5.30. The van der Waals surface area contributed by atoms with Crippen LogP contribution >= 0.6 is 0 Å². The number of benzene rings is 1. The highest BCUT2D eigenvalue weighted by molar-refractivity contribution is 5.90. The Balaban J connectivity index is 2.65. The number of aliphatic carboxylic acids is 1. The minimum absolute atomic E-state index is 0.345. The lowest BCUT2D eigenvalue weighted by molar-refractivity contribution is -0.144. The molecule has 1 aromatic carbocycles. The van der Waals surface area contributed by atoms with Crippen molar-refractivity contribution in [2.45, 2.75) is 19.4 Å². The van der Waals surface area contributed by atoms with E-state index in [9.17, 15) is 9.59 Å². The number of carboxylic acid groups (broad SMARTS) is 1. The lowest BCUT2D eigenvalue weighted by Gasteiger charge is -2.15. The first-order valence-electron chi connectivity index (χ1n) is 5.30. The third-order valence-corrected chi connectivity index (χ3v) is 2.16. The molecule has 1 rings (SSSR count). The van der Waals surface area contributed by atoms with Crippen LogP contribution in [0.1, 0.15) is 25.0 Å². The zero-order chi connectivity index (χ0) is 12.7. The highest BCUT2D eigenvalue weighted by Crippen LogP contribution is 2.20. The number of carboxylic acids is 1. The Kier molecular flexibility index (Phi) is 4.94. The molecular weight excluding hydrogens is 220 g/mol. The Morgan fingerprint density at radius 2 is 1.94 bits per heavy atom. The standard InChI is InChI=1S/C13H14O4/c1-2-11(10-6-4-3-5-7-10)17-13(16)9-8-12(14)15/h3-9,11H,2H2,1H3,(H,14,15)/b9-8+. The van der Waals surface area contributed by atoms with Crippen LogP contribution in [0.2, 0.25) is 0 Å². The molecule has 1 unspecified atom stereocenters. The molecule has 1 atom stereocenters. The molecule has 0 heterocycles. The van der Waals surface area contributed by atoms with E-state index >= 15 is 0 Å². The molecule has 0 amide bonds. The topological polar surface area (TPSA) is 63.6 Å². The predicted octanol–water partition coefficient (Wildman–Crippen LogP) is 2.32. The zero-order valence-electron chi connectivity index (χ0n) is 9.50. The maximum atomic E-state index is 11.3. The number of hydrogen-bond donors (Lipinski definition) is 1. The molecule has 0 saturated heterocycles. The molecule has 0 saturated carbocycles. The molecule has 0 aliphatic carbocycles. The lowest BCUT2D eigenvalue weighted by atomic mass is 10.1. The van der Waals surface area contributed by atoms with Crippen molar-refractivity contribution >= 4 is 11.9 Å². The Morgan fingerprint density at radius 3 is 2.47 bits per heavy atom. The molecule has 1 aromatic rings. The molecule has 0 bridgehead atoms. The van der Waals surface area contributed by atoms with Crippen LogP contribution in [0.15, 0.2) is 42.5 Å². The molecule has 0 spiro atoms. The number of rotatable bonds is 5. The van der Waals surface area contributed by atoms with Gasteiger partial charge < -0.3 is 9.84 Å². The van der Waals surface area contributed by atoms with E-state index in [1.54, 1.807) is 0 Å². The fourth-order valence-electron chi connectivity index (χ4n) is 1.37. The van der Waals surface area contributed by atoms with Gasteiger partial charge in [-0.2, -0.15) is 0 Å². The third-order valence-electron chi connectivity index (χ3n) is 2.16. The average Bonchev–Trinajstić information content (AvgIpc) is 2.34. The maximum Gasteiger partial charge on any atom is 0.331 e. The van der Waals surface area contributed by atoms with Crippen molar-refractivity contribution in [1.29, 1.82) is 0 Å². The van der Waals surface area contributed by atoms with E-state index < -0.39 is 11.9 Å². The van der Waals surface area contributed by atoms with E-state index in [-0.39, 0.29) is 6.10 Å². The summed E-state index contributed by atoms with van der Waals surface area (Å²) < 4.78 is 5.15. The van der Waals surface area contributed by atoms with Gasteiger partial charge in [0.1, 0.15) is 6.10 Å². The second-order valence-corrected chi connectivity index (χ2v) is 3.42. The van der Waals surface area contributed by atoms with Crippen molar-refractivity contribution in [2.24, 2.45) is 0 Å². The van der Waals surface area contributed by atoms with Crippen LogP contribution in [-0.4, -0.2) is 17.0 Å². The smallest absolute Gasteiger partial charge is 0.331 e. The molecular formula is C13H14O4. The Morgan fingerprint density at radius 1 is 1.29 bits per heavy atom. The first kappa shape index (κ1) is 13.0. The summed E-state index contributed by atoms with van der Waals surface area (Å²) in [5.74, 6) is -1.82. The van der Waals surface area contributed by atoms with Gasteiger partial charge in [0.15, 0.2) is 0 Å². The van der Waals surface area contributed by atoms with Crippen LogP contribution < -0.4 is 0 Å². The van der Waals surface area contributed by atoms with Crippen molar-refractivity contribution < 1.29 is 19.4 Å². The normalized spacial score (nSPS) is 12.3. The molecule has 0 aliphatic heterocycles. The number of ether oxygens (including phenoxy) is 1. The van der Waals surface area contributed by atoms with Crippen LogP contribution in [-0.2, 0) is 14.3 Å².